The first kappa shape index (κ1) is 13.6. The Kier molecular flexibility index (Phi) is 4.54. The van der Waals surface area contributed by atoms with E-state index in [4.69, 9.17) is 10.6 Å². The maximum absolute atomic E-state index is 5.67. The van der Waals surface area contributed by atoms with E-state index < -0.39 is 0 Å². The van der Waals surface area contributed by atoms with E-state index in [1.807, 2.05) is 48.3 Å². The Balaban J connectivity index is 2.10. The fourth-order valence-corrected chi connectivity index (χ4v) is 2.19. The molecule has 19 heavy (non-hydrogen) atoms. The van der Waals surface area contributed by atoms with Crippen molar-refractivity contribution in [3.8, 4) is 5.75 Å². The van der Waals surface area contributed by atoms with Crippen molar-refractivity contribution in [2.45, 2.75) is 18.9 Å². The second kappa shape index (κ2) is 6.36. The maximum atomic E-state index is 5.67. The molecule has 1 heterocycles. The molecule has 0 fully saturated rings. The zero-order valence-corrected chi connectivity index (χ0v) is 11.3. The lowest BCUT2D eigenvalue weighted by atomic mass is 10.0. The van der Waals surface area contributed by atoms with Gasteiger partial charge in [0.05, 0.1) is 13.2 Å². The molecule has 1 aromatic heterocycles. The molecule has 2 rings (SSSR count). The average molecular weight is 260 g/mol. The Bertz CT molecular complexity index is 524. The number of ether oxygens (including phenoxy) is 1. The number of aryl methyl sites for hydroxylation is 2. The topological polar surface area (TPSA) is 65.1 Å². The predicted molar refractivity (Wildman–Crippen MR) is 74.6 cm³/mol. The Morgan fingerprint density at radius 2 is 2.21 bits per heavy atom. The van der Waals surface area contributed by atoms with Gasteiger partial charge in [0, 0.05) is 31.4 Å². The minimum atomic E-state index is 0.0489. The molecule has 0 radical (unpaired) electrons. The van der Waals surface area contributed by atoms with Gasteiger partial charge < -0.3 is 9.30 Å². The number of methoxy groups -OCH3 is 1. The van der Waals surface area contributed by atoms with E-state index in [1.165, 1.54) is 0 Å². The van der Waals surface area contributed by atoms with E-state index in [-0.39, 0.29) is 6.04 Å². The summed E-state index contributed by atoms with van der Waals surface area (Å²) in [5.41, 5.74) is 3.93. The molecule has 0 spiro atoms. The second-order valence-electron chi connectivity index (χ2n) is 4.45. The third kappa shape index (κ3) is 3.13. The lowest BCUT2D eigenvalue weighted by molar-refractivity contribution is 0.395. The fraction of sp³-hybridized carbons (Fsp3) is 0.357. The smallest absolute Gasteiger partial charge is 0.123 e. The summed E-state index contributed by atoms with van der Waals surface area (Å²) in [6.07, 6.45) is 5.48. The minimum Gasteiger partial charge on any atom is -0.496 e. The van der Waals surface area contributed by atoms with E-state index in [0.29, 0.717) is 0 Å². The molecule has 102 valence electrons. The SMILES string of the molecule is COc1ccccc1C(CCc1nccn1C)NN. The fourth-order valence-electron chi connectivity index (χ4n) is 2.19. The van der Waals surface area contributed by atoms with Gasteiger partial charge in [-0.1, -0.05) is 18.2 Å². The van der Waals surface area contributed by atoms with Crippen LogP contribution in [0.25, 0.3) is 0 Å². The number of nitrogens with zero attached hydrogens (tertiary/aromatic N) is 2. The molecule has 1 aromatic carbocycles. The molecule has 0 saturated heterocycles. The van der Waals surface area contributed by atoms with Crippen LogP contribution in [0.1, 0.15) is 23.9 Å². The second-order valence-corrected chi connectivity index (χ2v) is 4.45. The molecule has 3 N–H and O–H groups in total. The normalized spacial score (nSPS) is 12.4. The summed E-state index contributed by atoms with van der Waals surface area (Å²) in [6.45, 7) is 0. The van der Waals surface area contributed by atoms with E-state index in [2.05, 4.69) is 10.4 Å². The van der Waals surface area contributed by atoms with E-state index in [9.17, 15) is 0 Å². The van der Waals surface area contributed by atoms with Gasteiger partial charge in [-0.3, -0.25) is 11.3 Å². The molecule has 0 aliphatic carbocycles. The number of hydrazine groups is 1. The van der Waals surface area contributed by atoms with Crippen LogP contribution in [0.4, 0.5) is 0 Å². The monoisotopic (exact) mass is 260 g/mol. The van der Waals surface area contributed by atoms with Crippen LogP contribution in [0, 0.1) is 0 Å². The highest BCUT2D eigenvalue weighted by molar-refractivity contribution is 5.35. The van der Waals surface area contributed by atoms with Crippen molar-refractivity contribution in [2.24, 2.45) is 12.9 Å². The van der Waals surface area contributed by atoms with Gasteiger partial charge in [0.25, 0.3) is 0 Å². The van der Waals surface area contributed by atoms with Gasteiger partial charge in [0.2, 0.25) is 0 Å². The van der Waals surface area contributed by atoms with Gasteiger partial charge in [-0.15, -0.1) is 0 Å². The molecule has 0 bridgehead atoms. The van der Waals surface area contributed by atoms with E-state index >= 15 is 0 Å². The number of imidazole rings is 1. The third-order valence-corrected chi connectivity index (χ3v) is 3.29. The van der Waals surface area contributed by atoms with Crippen molar-refractivity contribution in [3.05, 3.63) is 48.0 Å². The van der Waals surface area contributed by atoms with E-state index in [1.54, 1.807) is 7.11 Å². The molecule has 0 saturated carbocycles. The predicted octanol–water partition coefficient (Wildman–Crippen LogP) is 1.57. The minimum absolute atomic E-state index is 0.0489. The molecule has 1 unspecified atom stereocenters. The lowest BCUT2D eigenvalue weighted by Crippen LogP contribution is -2.29. The Labute approximate surface area is 113 Å². The number of benzene rings is 1. The van der Waals surface area contributed by atoms with Crippen molar-refractivity contribution in [1.29, 1.82) is 0 Å². The van der Waals surface area contributed by atoms with Crippen LogP contribution < -0.4 is 16.0 Å². The molecule has 1 atom stereocenters. The standard InChI is InChI=1S/C14H20N4O/c1-18-10-9-16-14(18)8-7-12(17-15)11-5-3-4-6-13(11)19-2/h3-6,9-10,12,17H,7-8,15H2,1-2H3. The third-order valence-electron chi connectivity index (χ3n) is 3.29. The lowest BCUT2D eigenvalue weighted by Gasteiger charge is -2.18. The quantitative estimate of drug-likeness (QED) is 0.611. The number of aromatic nitrogens is 2. The van der Waals surface area contributed by atoms with E-state index in [0.717, 1.165) is 30.0 Å². The molecular weight excluding hydrogens is 240 g/mol. The van der Waals surface area contributed by atoms with Crippen molar-refractivity contribution in [2.75, 3.05) is 7.11 Å². The van der Waals surface area contributed by atoms with Crippen LogP contribution in [-0.2, 0) is 13.5 Å². The first-order chi connectivity index (χ1) is 9.26. The average Bonchev–Trinajstić information content (AvgIpc) is 2.85. The number of para-hydroxylation sites is 1. The Morgan fingerprint density at radius 3 is 2.84 bits per heavy atom. The van der Waals surface area contributed by atoms with Crippen LogP contribution in [0.15, 0.2) is 36.7 Å². The highest BCUT2D eigenvalue weighted by atomic mass is 16.5. The molecule has 0 aliphatic rings. The summed E-state index contributed by atoms with van der Waals surface area (Å²) >= 11 is 0. The number of rotatable bonds is 6. The molecule has 5 nitrogen and oxygen atoms in total. The summed E-state index contributed by atoms with van der Waals surface area (Å²) in [7, 11) is 3.67. The molecule has 5 heteroatoms. The molecule has 2 aromatic rings. The van der Waals surface area contributed by atoms with Crippen LogP contribution >= 0.6 is 0 Å². The zero-order valence-electron chi connectivity index (χ0n) is 11.3. The van der Waals surface area contributed by atoms with Crippen LogP contribution in [0.3, 0.4) is 0 Å². The van der Waals surface area contributed by atoms with Crippen LogP contribution in [0.2, 0.25) is 0 Å². The number of nitrogens with two attached hydrogens (primary N) is 1. The van der Waals surface area contributed by atoms with Crippen molar-refractivity contribution in [1.82, 2.24) is 15.0 Å². The van der Waals surface area contributed by atoms with Gasteiger partial charge in [0.15, 0.2) is 0 Å². The summed E-state index contributed by atoms with van der Waals surface area (Å²) < 4.78 is 7.40. The summed E-state index contributed by atoms with van der Waals surface area (Å²) in [5.74, 6) is 7.58. The summed E-state index contributed by atoms with van der Waals surface area (Å²) in [4.78, 5) is 4.32. The summed E-state index contributed by atoms with van der Waals surface area (Å²) in [5, 5.41) is 0. The maximum Gasteiger partial charge on any atom is 0.123 e. The first-order valence-corrected chi connectivity index (χ1v) is 6.31. The van der Waals surface area contributed by atoms with Gasteiger partial charge in [0.1, 0.15) is 11.6 Å². The van der Waals surface area contributed by atoms with Gasteiger partial charge in [-0.25, -0.2) is 4.98 Å². The number of nitrogens with one attached hydrogen (secondary N) is 1. The number of hydrogen-bond acceptors (Lipinski definition) is 4. The van der Waals surface area contributed by atoms with Gasteiger partial charge >= 0.3 is 0 Å². The Hall–Kier alpha value is -1.85. The van der Waals surface area contributed by atoms with Crippen LogP contribution in [-0.4, -0.2) is 16.7 Å². The first-order valence-electron chi connectivity index (χ1n) is 6.31. The van der Waals surface area contributed by atoms with Crippen LogP contribution in [0.5, 0.6) is 5.75 Å². The van der Waals surface area contributed by atoms with Gasteiger partial charge in [-0.2, -0.15) is 0 Å². The molecule has 0 aliphatic heterocycles. The summed E-state index contributed by atoms with van der Waals surface area (Å²) in [6, 6.07) is 7.97. The van der Waals surface area contributed by atoms with Crippen molar-refractivity contribution < 1.29 is 4.74 Å². The highest BCUT2D eigenvalue weighted by Gasteiger charge is 2.15. The highest BCUT2D eigenvalue weighted by Crippen LogP contribution is 2.27. The number of hydrogen-bond donors (Lipinski definition) is 2. The largest absolute Gasteiger partial charge is 0.496 e. The molecular formula is C14H20N4O. The van der Waals surface area contributed by atoms with Crippen molar-refractivity contribution >= 4 is 0 Å². The molecule has 0 amide bonds. The Morgan fingerprint density at radius 1 is 1.42 bits per heavy atom. The van der Waals surface area contributed by atoms with Gasteiger partial charge in [-0.05, 0) is 12.5 Å². The van der Waals surface area contributed by atoms with Crippen molar-refractivity contribution in [3.63, 3.8) is 0 Å². The zero-order chi connectivity index (χ0) is 13.7.